The fourth-order valence-electron chi connectivity index (χ4n) is 0.856. The Bertz CT molecular complexity index is 77.9. The molecule has 2 N–H and O–H groups in total. The molecule has 12 heavy (non-hydrogen) atoms. The highest BCUT2D eigenvalue weighted by atomic mass is 15.1. The second-order valence-corrected chi connectivity index (χ2v) is 2.55. The van der Waals surface area contributed by atoms with Gasteiger partial charge in [0.05, 0.1) is 0 Å². The summed E-state index contributed by atoms with van der Waals surface area (Å²) in [5.41, 5.74) is 4.91. The smallest absolute Gasteiger partial charge is 0.0104 e. The molecule has 0 aromatic heterocycles. The SMILES string of the molecule is C=CCN.CCCN(CC)CC. The minimum Gasteiger partial charge on any atom is -0.327 e. The second kappa shape index (κ2) is 13.3. The highest BCUT2D eigenvalue weighted by Gasteiger charge is 1.92. The van der Waals surface area contributed by atoms with Crippen LogP contribution in [0.1, 0.15) is 27.2 Å². The molecule has 0 unspecified atom stereocenters. The maximum absolute atomic E-state index is 4.91. The van der Waals surface area contributed by atoms with Crippen molar-refractivity contribution < 1.29 is 0 Å². The molecule has 0 aliphatic carbocycles. The summed E-state index contributed by atoms with van der Waals surface area (Å²) in [6, 6.07) is 0. The van der Waals surface area contributed by atoms with Crippen LogP contribution < -0.4 is 5.73 Å². The lowest BCUT2D eigenvalue weighted by Crippen LogP contribution is -2.23. The third kappa shape index (κ3) is 12.3. The lowest BCUT2D eigenvalue weighted by Gasteiger charge is -2.15. The maximum Gasteiger partial charge on any atom is 0.0104 e. The van der Waals surface area contributed by atoms with Gasteiger partial charge in [0.1, 0.15) is 0 Å². The molecule has 0 spiro atoms. The molecule has 2 nitrogen and oxygen atoms in total. The predicted molar refractivity (Wildman–Crippen MR) is 57.3 cm³/mol. The first-order valence-electron chi connectivity index (χ1n) is 4.79. The molecule has 0 amide bonds. The molecule has 2 heteroatoms. The Hall–Kier alpha value is -0.340. The molecule has 0 heterocycles. The summed E-state index contributed by atoms with van der Waals surface area (Å²) >= 11 is 0. The molecule has 0 saturated carbocycles. The average Bonchev–Trinajstić information content (AvgIpc) is 2.14. The van der Waals surface area contributed by atoms with Gasteiger partial charge in [-0.05, 0) is 26.1 Å². The maximum atomic E-state index is 4.91. The van der Waals surface area contributed by atoms with E-state index >= 15 is 0 Å². The Morgan fingerprint density at radius 3 is 1.75 bits per heavy atom. The second-order valence-electron chi connectivity index (χ2n) is 2.55. The minimum absolute atomic E-state index is 0.583. The molecular weight excluding hydrogens is 148 g/mol. The number of hydrogen-bond donors (Lipinski definition) is 1. The van der Waals surface area contributed by atoms with Crippen molar-refractivity contribution in [1.29, 1.82) is 0 Å². The van der Waals surface area contributed by atoms with Gasteiger partial charge < -0.3 is 10.6 Å². The van der Waals surface area contributed by atoms with E-state index in [1.54, 1.807) is 6.08 Å². The van der Waals surface area contributed by atoms with E-state index in [0.29, 0.717) is 6.54 Å². The van der Waals surface area contributed by atoms with Gasteiger partial charge in [0.25, 0.3) is 0 Å². The first-order chi connectivity index (χ1) is 5.76. The summed E-state index contributed by atoms with van der Waals surface area (Å²) in [6.07, 6.45) is 2.93. The van der Waals surface area contributed by atoms with E-state index in [1.807, 2.05) is 0 Å². The Labute approximate surface area is 77.4 Å². The zero-order valence-electron chi connectivity index (χ0n) is 8.84. The van der Waals surface area contributed by atoms with Crippen LogP contribution in [0.2, 0.25) is 0 Å². The van der Waals surface area contributed by atoms with Crippen molar-refractivity contribution in [2.24, 2.45) is 5.73 Å². The van der Waals surface area contributed by atoms with Crippen LogP contribution in [0.15, 0.2) is 12.7 Å². The van der Waals surface area contributed by atoms with Gasteiger partial charge in [-0.1, -0.05) is 26.8 Å². The van der Waals surface area contributed by atoms with Crippen LogP contribution in [-0.4, -0.2) is 31.1 Å². The van der Waals surface area contributed by atoms with Gasteiger partial charge in [-0.25, -0.2) is 0 Å². The van der Waals surface area contributed by atoms with Crippen molar-refractivity contribution in [2.75, 3.05) is 26.2 Å². The first kappa shape index (κ1) is 14.2. The van der Waals surface area contributed by atoms with Crippen LogP contribution in [0.4, 0.5) is 0 Å². The molecule has 0 fully saturated rings. The number of nitrogens with two attached hydrogens (primary N) is 1. The molecular formula is C10H24N2. The van der Waals surface area contributed by atoms with Crippen molar-refractivity contribution in [1.82, 2.24) is 4.90 Å². The van der Waals surface area contributed by atoms with Crippen LogP contribution in [-0.2, 0) is 0 Å². The third-order valence-electron chi connectivity index (χ3n) is 1.60. The summed E-state index contributed by atoms with van der Waals surface area (Å²) in [5.74, 6) is 0. The van der Waals surface area contributed by atoms with Gasteiger partial charge in [-0.15, -0.1) is 6.58 Å². The molecule has 0 rings (SSSR count). The quantitative estimate of drug-likeness (QED) is 0.641. The van der Waals surface area contributed by atoms with E-state index in [2.05, 4.69) is 32.3 Å². The third-order valence-corrected chi connectivity index (χ3v) is 1.60. The van der Waals surface area contributed by atoms with Gasteiger partial charge in [0.2, 0.25) is 0 Å². The van der Waals surface area contributed by atoms with E-state index < -0.39 is 0 Å². The molecule has 0 bridgehead atoms. The van der Waals surface area contributed by atoms with Crippen LogP contribution in [0, 0.1) is 0 Å². The van der Waals surface area contributed by atoms with Crippen molar-refractivity contribution >= 4 is 0 Å². The lowest BCUT2D eigenvalue weighted by atomic mass is 10.4. The molecule has 0 saturated heterocycles. The van der Waals surface area contributed by atoms with Crippen molar-refractivity contribution in [3.8, 4) is 0 Å². The molecule has 0 atom stereocenters. The predicted octanol–water partition coefficient (Wildman–Crippen LogP) is 1.87. The van der Waals surface area contributed by atoms with Crippen molar-refractivity contribution in [3.05, 3.63) is 12.7 Å². The van der Waals surface area contributed by atoms with Crippen LogP contribution in [0.25, 0.3) is 0 Å². The summed E-state index contributed by atoms with van der Waals surface area (Å²) < 4.78 is 0. The van der Waals surface area contributed by atoms with Gasteiger partial charge in [-0.2, -0.15) is 0 Å². The summed E-state index contributed by atoms with van der Waals surface area (Å²) in [7, 11) is 0. The number of rotatable bonds is 5. The van der Waals surface area contributed by atoms with E-state index in [9.17, 15) is 0 Å². The fourth-order valence-corrected chi connectivity index (χ4v) is 0.856. The molecule has 0 radical (unpaired) electrons. The standard InChI is InChI=1S/C7H17N.C3H7N/c1-4-7-8(5-2)6-3;1-2-3-4/h4-7H2,1-3H3;2H,1,3-4H2. The summed E-state index contributed by atoms with van der Waals surface area (Å²) in [6.45, 7) is 14.2. The van der Waals surface area contributed by atoms with Gasteiger partial charge in [-0.3, -0.25) is 0 Å². The Morgan fingerprint density at radius 2 is 1.67 bits per heavy atom. The topological polar surface area (TPSA) is 29.3 Å². The van der Waals surface area contributed by atoms with E-state index in [0.717, 1.165) is 0 Å². The van der Waals surface area contributed by atoms with Crippen LogP contribution in [0.3, 0.4) is 0 Å². The Morgan fingerprint density at radius 1 is 1.25 bits per heavy atom. The van der Waals surface area contributed by atoms with E-state index in [4.69, 9.17) is 5.73 Å². The number of hydrogen-bond acceptors (Lipinski definition) is 2. The molecule has 0 aliphatic rings. The normalized spacial score (nSPS) is 9.08. The Kier molecular flexibility index (Phi) is 15.7. The lowest BCUT2D eigenvalue weighted by molar-refractivity contribution is 0.304. The fraction of sp³-hybridized carbons (Fsp3) is 0.800. The first-order valence-corrected chi connectivity index (χ1v) is 4.79. The average molecular weight is 172 g/mol. The number of nitrogens with zero attached hydrogens (tertiary/aromatic N) is 1. The molecule has 74 valence electrons. The van der Waals surface area contributed by atoms with Crippen molar-refractivity contribution in [3.63, 3.8) is 0 Å². The molecule has 0 aliphatic heterocycles. The zero-order chi connectivity index (χ0) is 9.82. The minimum atomic E-state index is 0.583. The largest absolute Gasteiger partial charge is 0.327 e. The van der Waals surface area contributed by atoms with Crippen LogP contribution in [0.5, 0.6) is 0 Å². The monoisotopic (exact) mass is 172 g/mol. The zero-order valence-corrected chi connectivity index (χ0v) is 8.84. The highest BCUT2D eigenvalue weighted by Crippen LogP contribution is 1.87. The van der Waals surface area contributed by atoms with Gasteiger partial charge in [0, 0.05) is 6.54 Å². The Balaban J connectivity index is 0. The molecule has 0 aromatic carbocycles. The van der Waals surface area contributed by atoms with E-state index in [1.165, 1.54) is 26.1 Å². The summed E-state index contributed by atoms with van der Waals surface area (Å²) in [5, 5.41) is 0. The van der Waals surface area contributed by atoms with Gasteiger partial charge in [0.15, 0.2) is 0 Å². The molecule has 0 aromatic rings. The summed E-state index contributed by atoms with van der Waals surface area (Å²) in [4.78, 5) is 2.43. The highest BCUT2D eigenvalue weighted by molar-refractivity contribution is 4.64. The van der Waals surface area contributed by atoms with Gasteiger partial charge >= 0.3 is 0 Å². The van der Waals surface area contributed by atoms with Crippen molar-refractivity contribution in [2.45, 2.75) is 27.2 Å². The van der Waals surface area contributed by atoms with Crippen LogP contribution >= 0.6 is 0 Å². The van der Waals surface area contributed by atoms with E-state index in [-0.39, 0.29) is 0 Å².